The zero-order valence-corrected chi connectivity index (χ0v) is 8.08. The van der Waals surface area contributed by atoms with Gasteiger partial charge in [0.15, 0.2) is 5.82 Å². The molecule has 0 fully saturated rings. The molecule has 0 spiro atoms. The Kier molecular flexibility index (Phi) is 1.58. The quantitative estimate of drug-likeness (QED) is 0.599. The molecule has 0 bridgehead atoms. The third-order valence-corrected chi connectivity index (χ3v) is 2.22. The van der Waals surface area contributed by atoms with Gasteiger partial charge in [-0.25, -0.2) is 15.0 Å². The van der Waals surface area contributed by atoms with Gasteiger partial charge in [0.05, 0.1) is 6.26 Å². The molecule has 2 aliphatic heterocycles. The van der Waals surface area contributed by atoms with Gasteiger partial charge in [-0.2, -0.15) is 0 Å². The first-order valence-electron chi connectivity index (χ1n) is 4.55. The number of furan rings is 1. The number of imidazole rings is 1. The Labute approximate surface area is 85.8 Å². The van der Waals surface area contributed by atoms with Crippen LogP contribution in [-0.2, 0) is 0 Å². The highest BCUT2D eigenvalue weighted by molar-refractivity contribution is 5.49. The molecule has 3 rings (SSSR count). The minimum atomic E-state index is 0.662. The summed E-state index contributed by atoms with van der Waals surface area (Å²) < 4.78 is 7.14. The maximum atomic E-state index is 5.30. The summed E-state index contributed by atoms with van der Waals surface area (Å²) in [7, 11) is 0. The highest BCUT2D eigenvalue weighted by atomic mass is 16.3. The largest absolute Gasteiger partial charge is 0.448 e. The normalized spacial score (nSPS) is 11.0. The lowest BCUT2D eigenvalue weighted by Gasteiger charge is -2.07. The molecule has 0 aromatic carbocycles. The van der Waals surface area contributed by atoms with E-state index >= 15 is 0 Å². The van der Waals surface area contributed by atoms with E-state index in [2.05, 4.69) is 15.0 Å². The highest BCUT2D eigenvalue weighted by Crippen LogP contribution is 2.18. The van der Waals surface area contributed by atoms with E-state index in [1.807, 2.05) is 29.8 Å². The van der Waals surface area contributed by atoms with Crippen LogP contribution in [0.1, 0.15) is 5.82 Å². The SMILES string of the molecule is Cc1nc2ncnc-2cn1-c1ccco1. The number of hydrogen-bond donors (Lipinski definition) is 0. The van der Waals surface area contributed by atoms with Crippen molar-refractivity contribution in [2.24, 2.45) is 0 Å². The fourth-order valence-corrected chi connectivity index (χ4v) is 1.50. The van der Waals surface area contributed by atoms with Gasteiger partial charge in [-0.05, 0) is 13.0 Å². The van der Waals surface area contributed by atoms with Crippen LogP contribution >= 0.6 is 0 Å². The van der Waals surface area contributed by atoms with E-state index in [1.54, 1.807) is 6.26 Å². The van der Waals surface area contributed by atoms with E-state index in [1.165, 1.54) is 6.33 Å². The lowest BCUT2D eigenvalue weighted by Crippen LogP contribution is -2.04. The summed E-state index contributed by atoms with van der Waals surface area (Å²) in [6.45, 7) is 1.90. The van der Waals surface area contributed by atoms with Gasteiger partial charge in [0.2, 0.25) is 5.88 Å². The summed E-state index contributed by atoms with van der Waals surface area (Å²) in [6, 6.07) is 3.71. The van der Waals surface area contributed by atoms with Crippen LogP contribution in [0.15, 0.2) is 35.3 Å². The summed E-state index contributed by atoms with van der Waals surface area (Å²) >= 11 is 0. The lowest BCUT2D eigenvalue weighted by molar-refractivity contribution is 0.531. The van der Waals surface area contributed by atoms with Crippen LogP contribution in [0.3, 0.4) is 0 Å². The van der Waals surface area contributed by atoms with Gasteiger partial charge in [-0.1, -0.05) is 0 Å². The molecule has 15 heavy (non-hydrogen) atoms. The molecule has 0 N–H and O–H groups in total. The lowest BCUT2D eigenvalue weighted by atomic mass is 10.4. The molecule has 1 aromatic rings. The minimum absolute atomic E-state index is 0.662. The Morgan fingerprint density at radius 1 is 1.33 bits per heavy atom. The zero-order chi connectivity index (χ0) is 10.3. The molecule has 0 amide bonds. The summed E-state index contributed by atoms with van der Waals surface area (Å²) in [4.78, 5) is 12.5. The van der Waals surface area contributed by atoms with Crippen LogP contribution in [0.25, 0.3) is 17.4 Å². The summed E-state index contributed by atoms with van der Waals surface area (Å²) in [5, 5.41) is 0. The zero-order valence-electron chi connectivity index (χ0n) is 8.08. The Bertz CT molecular complexity index is 555. The van der Waals surface area contributed by atoms with E-state index in [0.717, 1.165) is 17.4 Å². The monoisotopic (exact) mass is 200 g/mol. The Morgan fingerprint density at radius 3 is 3.07 bits per heavy atom. The summed E-state index contributed by atoms with van der Waals surface area (Å²) in [5.74, 6) is 2.21. The van der Waals surface area contributed by atoms with Crippen LogP contribution in [0.5, 0.6) is 0 Å². The van der Waals surface area contributed by atoms with E-state index in [-0.39, 0.29) is 0 Å². The van der Waals surface area contributed by atoms with Crippen molar-refractivity contribution in [3.8, 4) is 17.4 Å². The van der Waals surface area contributed by atoms with Crippen molar-refractivity contribution in [3.05, 3.63) is 36.7 Å². The maximum absolute atomic E-state index is 5.30. The Morgan fingerprint density at radius 2 is 2.27 bits per heavy atom. The second kappa shape index (κ2) is 2.91. The van der Waals surface area contributed by atoms with Gasteiger partial charge in [0, 0.05) is 12.3 Å². The second-order valence-corrected chi connectivity index (χ2v) is 3.19. The van der Waals surface area contributed by atoms with Crippen molar-refractivity contribution >= 4 is 0 Å². The molecule has 0 unspecified atom stereocenters. The molecule has 74 valence electrons. The molecule has 1 aromatic heterocycles. The Hall–Kier alpha value is -2.17. The van der Waals surface area contributed by atoms with Crippen LogP contribution < -0.4 is 0 Å². The number of aryl methyl sites for hydroxylation is 1. The summed E-state index contributed by atoms with van der Waals surface area (Å²) in [5.41, 5.74) is 0.761. The average Bonchev–Trinajstić information content (AvgIpc) is 2.85. The van der Waals surface area contributed by atoms with E-state index in [0.29, 0.717) is 5.82 Å². The van der Waals surface area contributed by atoms with Crippen LogP contribution in [0.2, 0.25) is 0 Å². The van der Waals surface area contributed by atoms with Gasteiger partial charge >= 0.3 is 0 Å². The highest BCUT2D eigenvalue weighted by Gasteiger charge is 2.11. The third-order valence-electron chi connectivity index (χ3n) is 2.22. The van der Waals surface area contributed by atoms with Crippen molar-refractivity contribution in [2.45, 2.75) is 6.92 Å². The topological polar surface area (TPSA) is 56.7 Å². The predicted octanol–water partition coefficient (Wildman–Crippen LogP) is 1.67. The molecule has 5 heteroatoms. The molecule has 0 atom stereocenters. The minimum Gasteiger partial charge on any atom is -0.448 e. The van der Waals surface area contributed by atoms with Gasteiger partial charge < -0.3 is 4.42 Å². The first-order chi connectivity index (χ1) is 7.34. The van der Waals surface area contributed by atoms with E-state index in [4.69, 9.17) is 4.42 Å². The van der Waals surface area contributed by atoms with Crippen molar-refractivity contribution in [2.75, 3.05) is 0 Å². The number of fused-ring (bicyclic) bond motifs is 1. The Balaban J connectivity index is 2.27. The first-order valence-corrected chi connectivity index (χ1v) is 4.55. The predicted molar refractivity (Wildman–Crippen MR) is 52.8 cm³/mol. The van der Waals surface area contributed by atoms with E-state index in [9.17, 15) is 0 Å². The van der Waals surface area contributed by atoms with Gasteiger partial charge in [-0.15, -0.1) is 0 Å². The number of hydrogen-bond acceptors (Lipinski definition) is 4. The van der Waals surface area contributed by atoms with Gasteiger partial charge in [-0.3, -0.25) is 4.57 Å². The number of rotatable bonds is 1. The van der Waals surface area contributed by atoms with E-state index < -0.39 is 0 Å². The first kappa shape index (κ1) is 8.16. The van der Waals surface area contributed by atoms with Gasteiger partial charge in [0.1, 0.15) is 17.8 Å². The van der Waals surface area contributed by atoms with Crippen molar-refractivity contribution < 1.29 is 4.42 Å². The average molecular weight is 200 g/mol. The molecule has 5 nitrogen and oxygen atoms in total. The molecular weight excluding hydrogens is 192 g/mol. The third kappa shape index (κ3) is 1.20. The molecule has 0 radical (unpaired) electrons. The van der Waals surface area contributed by atoms with Crippen molar-refractivity contribution in [1.29, 1.82) is 0 Å². The standard InChI is InChI=1S/C10H8N4O/c1-7-13-10-8(11-6-12-10)5-14(7)9-3-2-4-15-9/h2-6H,1H3. The fourth-order valence-electron chi connectivity index (χ4n) is 1.50. The van der Waals surface area contributed by atoms with Gasteiger partial charge in [0.25, 0.3) is 0 Å². The molecular formula is C10H8N4O. The maximum Gasteiger partial charge on any atom is 0.204 e. The molecule has 0 aliphatic carbocycles. The molecule has 0 saturated carbocycles. The smallest absolute Gasteiger partial charge is 0.204 e. The number of aromatic nitrogens is 4. The fraction of sp³-hybridized carbons (Fsp3) is 0.100. The second-order valence-electron chi connectivity index (χ2n) is 3.19. The summed E-state index contributed by atoms with van der Waals surface area (Å²) in [6.07, 6.45) is 5.00. The van der Waals surface area contributed by atoms with Crippen LogP contribution in [0, 0.1) is 6.92 Å². The molecule has 3 heterocycles. The van der Waals surface area contributed by atoms with Crippen molar-refractivity contribution in [1.82, 2.24) is 19.5 Å². The molecule has 0 saturated heterocycles. The van der Waals surface area contributed by atoms with Crippen LogP contribution in [-0.4, -0.2) is 19.5 Å². The molecule has 2 aliphatic rings. The number of nitrogens with zero attached hydrogens (tertiary/aromatic N) is 4. The van der Waals surface area contributed by atoms with Crippen molar-refractivity contribution in [3.63, 3.8) is 0 Å². The van der Waals surface area contributed by atoms with Crippen LogP contribution in [0.4, 0.5) is 0 Å².